The van der Waals surface area contributed by atoms with E-state index in [1.165, 1.54) is 5.56 Å². The van der Waals surface area contributed by atoms with Gasteiger partial charge < -0.3 is 25.0 Å². The van der Waals surface area contributed by atoms with Crippen LogP contribution in [0.5, 0.6) is 5.75 Å². The second-order valence-electron chi connectivity index (χ2n) is 7.65. The normalized spacial score (nSPS) is 15.8. The van der Waals surface area contributed by atoms with Gasteiger partial charge in [0.05, 0.1) is 19.3 Å². The number of nitrogens with one attached hydrogen (secondary N) is 2. The second kappa shape index (κ2) is 14.8. The second-order valence-corrected chi connectivity index (χ2v) is 7.65. The number of aryl methyl sites for hydroxylation is 1. The van der Waals surface area contributed by atoms with E-state index in [2.05, 4.69) is 47.4 Å². The summed E-state index contributed by atoms with van der Waals surface area (Å²) in [7, 11) is 1.83. The number of aliphatic imine (C=N–C) groups is 1. The summed E-state index contributed by atoms with van der Waals surface area (Å²) in [5, 5.41) is 6.96. The number of ether oxygens (including phenoxy) is 2. The van der Waals surface area contributed by atoms with E-state index in [1.807, 2.05) is 25.2 Å². The molecule has 1 aliphatic rings. The topological polar surface area (TPSA) is 58.1 Å². The summed E-state index contributed by atoms with van der Waals surface area (Å²) in [6.07, 6.45) is 3.52. The molecule has 1 aromatic rings. The Hall–Kier alpha value is -1.06. The van der Waals surface area contributed by atoms with Gasteiger partial charge in [0.25, 0.3) is 0 Å². The Balaban J connectivity index is 0.00000420. The number of halogens is 1. The lowest BCUT2D eigenvalue weighted by molar-refractivity contribution is 0.0532. The molecule has 0 unspecified atom stereocenters. The van der Waals surface area contributed by atoms with E-state index in [-0.39, 0.29) is 24.0 Å². The van der Waals surface area contributed by atoms with E-state index in [9.17, 15) is 0 Å². The molecule has 1 aromatic carbocycles. The van der Waals surface area contributed by atoms with Gasteiger partial charge in [0, 0.05) is 39.3 Å². The third-order valence-electron chi connectivity index (χ3n) is 4.98. The van der Waals surface area contributed by atoms with Crippen LogP contribution in [0.4, 0.5) is 0 Å². The number of nitrogens with zero attached hydrogens (tertiary/aromatic N) is 2. The molecule has 1 aliphatic heterocycles. The highest BCUT2D eigenvalue weighted by Crippen LogP contribution is 2.16. The van der Waals surface area contributed by atoms with Crippen LogP contribution in [0.1, 0.15) is 38.7 Å². The van der Waals surface area contributed by atoms with Crippen LogP contribution in [0.15, 0.2) is 29.3 Å². The Kier molecular flexibility index (Phi) is 13.3. The molecule has 0 aromatic heterocycles. The van der Waals surface area contributed by atoms with Crippen molar-refractivity contribution in [2.24, 2.45) is 4.99 Å². The fraction of sp³-hybridized carbons (Fsp3) is 0.682. The van der Waals surface area contributed by atoms with E-state index < -0.39 is 0 Å². The summed E-state index contributed by atoms with van der Waals surface area (Å²) < 4.78 is 11.5. The Morgan fingerprint density at radius 2 is 1.93 bits per heavy atom. The number of likely N-dealkylation sites (tertiary alicyclic amines) is 1. The Morgan fingerprint density at radius 3 is 2.59 bits per heavy atom. The molecular weight excluding hydrogens is 479 g/mol. The van der Waals surface area contributed by atoms with Crippen LogP contribution < -0.4 is 15.4 Å². The molecule has 2 N–H and O–H groups in total. The lowest BCUT2D eigenvalue weighted by Gasteiger charge is -2.33. The summed E-state index contributed by atoms with van der Waals surface area (Å²) >= 11 is 0. The van der Waals surface area contributed by atoms with Crippen LogP contribution in [0.25, 0.3) is 0 Å². The van der Waals surface area contributed by atoms with Crippen LogP contribution in [0.2, 0.25) is 0 Å². The van der Waals surface area contributed by atoms with Crippen LogP contribution in [-0.2, 0) is 4.74 Å². The number of piperidine rings is 1. The summed E-state index contributed by atoms with van der Waals surface area (Å²) in [6.45, 7) is 11.9. The summed E-state index contributed by atoms with van der Waals surface area (Å²) in [5.41, 5.74) is 1.18. The minimum atomic E-state index is 0. The fourth-order valence-electron chi connectivity index (χ4n) is 3.29. The zero-order valence-corrected chi connectivity index (χ0v) is 20.8. The van der Waals surface area contributed by atoms with Crippen LogP contribution >= 0.6 is 24.0 Å². The molecule has 7 heteroatoms. The van der Waals surface area contributed by atoms with Crippen LogP contribution in [0, 0.1) is 6.92 Å². The van der Waals surface area contributed by atoms with Crippen LogP contribution in [-0.4, -0.2) is 69.4 Å². The molecular formula is C22H39IN4O2. The minimum absolute atomic E-state index is 0. The molecule has 0 amide bonds. The Labute approximate surface area is 193 Å². The predicted molar refractivity (Wildman–Crippen MR) is 132 cm³/mol. The highest BCUT2D eigenvalue weighted by atomic mass is 127. The number of rotatable bonds is 10. The van der Waals surface area contributed by atoms with Gasteiger partial charge in [0.1, 0.15) is 5.75 Å². The van der Waals surface area contributed by atoms with Gasteiger partial charge in [0.2, 0.25) is 0 Å². The summed E-state index contributed by atoms with van der Waals surface area (Å²) in [6, 6.07) is 8.61. The smallest absolute Gasteiger partial charge is 0.191 e. The molecule has 1 fully saturated rings. The van der Waals surface area contributed by atoms with E-state index in [0.717, 1.165) is 63.8 Å². The molecule has 29 heavy (non-hydrogen) atoms. The van der Waals surface area contributed by atoms with Crippen molar-refractivity contribution >= 4 is 29.9 Å². The van der Waals surface area contributed by atoms with Gasteiger partial charge in [-0.15, -0.1) is 24.0 Å². The first kappa shape index (κ1) is 26.0. The maximum Gasteiger partial charge on any atom is 0.191 e. The van der Waals surface area contributed by atoms with Crippen molar-refractivity contribution in [3.8, 4) is 5.75 Å². The minimum Gasteiger partial charge on any atom is -0.493 e. The van der Waals surface area contributed by atoms with Gasteiger partial charge in [0.15, 0.2) is 5.96 Å². The molecule has 0 spiro atoms. The molecule has 0 saturated carbocycles. The molecule has 1 saturated heterocycles. The predicted octanol–water partition coefficient (Wildman–Crippen LogP) is 3.44. The SMILES string of the molecule is CN=C(NCCCOc1ccccc1C)NC1CCN(CCOC(C)C)CC1.I. The maximum atomic E-state index is 5.84. The highest BCUT2D eigenvalue weighted by molar-refractivity contribution is 14.0. The fourth-order valence-corrected chi connectivity index (χ4v) is 3.29. The molecule has 166 valence electrons. The quantitative estimate of drug-likeness (QED) is 0.215. The number of para-hydroxylation sites is 1. The Morgan fingerprint density at radius 1 is 1.21 bits per heavy atom. The molecule has 0 radical (unpaired) electrons. The van der Waals surface area contributed by atoms with Gasteiger partial charge in [-0.3, -0.25) is 4.99 Å². The molecule has 6 nitrogen and oxygen atoms in total. The average molecular weight is 518 g/mol. The van der Waals surface area contributed by atoms with E-state index in [4.69, 9.17) is 9.47 Å². The highest BCUT2D eigenvalue weighted by Gasteiger charge is 2.19. The van der Waals surface area contributed by atoms with Crippen molar-refractivity contribution < 1.29 is 9.47 Å². The lowest BCUT2D eigenvalue weighted by Crippen LogP contribution is -2.49. The monoisotopic (exact) mass is 518 g/mol. The first-order chi connectivity index (χ1) is 13.6. The third-order valence-corrected chi connectivity index (χ3v) is 4.98. The average Bonchev–Trinajstić information content (AvgIpc) is 2.69. The number of hydrogen-bond acceptors (Lipinski definition) is 4. The van der Waals surface area contributed by atoms with Crippen molar-refractivity contribution in [1.29, 1.82) is 0 Å². The number of guanidine groups is 1. The van der Waals surface area contributed by atoms with E-state index >= 15 is 0 Å². The van der Waals surface area contributed by atoms with Crippen molar-refractivity contribution in [1.82, 2.24) is 15.5 Å². The van der Waals surface area contributed by atoms with Gasteiger partial charge in [-0.25, -0.2) is 0 Å². The van der Waals surface area contributed by atoms with E-state index in [1.54, 1.807) is 0 Å². The first-order valence-electron chi connectivity index (χ1n) is 10.6. The molecule has 0 bridgehead atoms. The van der Waals surface area contributed by atoms with Crippen molar-refractivity contribution in [2.45, 2.75) is 52.2 Å². The summed E-state index contributed by atoms with van der Waals surface area (Å²) in [4.78, 5) is 6.85. The van der Waals surface area contributed by atoms with Gasteiger partial charge in [-0.2, -0.15) is 0 Å². The zero-order chi connectivity index (χ0) is 20.2. The zero-order valence-electron chi connectivity index (χ0n) is 18.4. The van der Waals surface area contributed by atoms with Gasteiger partial charge in [-0.1, -0.05) is 18.2 Å². The van der Waals surface area contributed by atoms with E-state index in [0.29, 0.717) is 18.8 Å². The molecule has 1 heterocycles. The van der Waals surface area contributed by atoms with Crippen molar-refractivity contribution in [3.05, 3.63) is 29.8 Å². The molecule has 0 atom stereocenters. The maximum absolute atomic E-state index is 5.84. The molecule has 0 aliphatic carbocycles. The Bertz CT molecular complexity index is 590. The molecule has 2 rings (SSSR count). The largest absolute Gasteiger partial charge is 0.493 e. The van der Waals surface area contributed by atoms with Crippen LogP contribution in [0.3, 0.4) is 0 Å². The summed E-state index contributed by atoms with van der Waals surface area (Å²) in [5.74, 6) is 1.85. The van der Waals surface area contributed by atoms with Crippen molar-refractivity contribution in [3.63, 3.8) is 0 Å². The van der Waals surface area contributed by atoms with Gasteiger partial charge >= 0.3 is 0 Å². The third kappa shape index (κ3) is 10.5. The standard InChI is InChI=1S/C22H38N4O2.HI/c1-18(2)27-17-15-26-13-10-20(11-14-26)25-22(23-4)24-12-7-16-28-21-9-6-5-8-19(21)3;/h5-6,8-9,18,20H,7,10-17H2,1-4H3,(H2,23,24,25);1H. The van der Waals surface area contributed by atoms with Gasteiger partial charge in [-0.05, 0) is 51.7 Å². The van der Waals surface area contributed by atoms with Crippen molar-refractivity contribution in [2.75, 3.05) is 46.4 Å². The number of hydrogen-bond donors (Lipinski definition) is 2. The first-order valence-corrected chi connectivity index (χ1v) is 10.6. The lowest BCUT2D eigenvalue weighted by atomic mass is 10.1. The number of benzene rings is 1.